The Morgan fingerprint density at radius 2 is 1.55 bits per heavy atom. The molecule has 0 saturated heterocycles. The summed E-state index contributed by atoms with van der Waals surface area (Å²) in [6, 6.07) is 24.9. The van der Waals surface area contributed by atoms with Crippen molar-refractivity contribution in [3.05, 3.63) is 106 Å². The van der Waals surface area contributed by atoms with Gasteiger partial charge in [-0.3, -0.25) is 0 Å². The molecule has 0 amide bonds. The zero-order chi connectivity index (χ0) is 26.9. The molecule has 5 rings (SSSR count). The second-order valence-corrected chi connectivity index (χ2v) is 54.3. The molecule has 2 unspecified atom stereocenters. The SMILES string of the molecule is CCCCCCc1ccc(-c2cccc3c2C=C(CC)[CH]3[Zr]([Cl])([Cl])([CH]2C=Cc3ccccc32)[SiH](C)C)cc1. The van der Waals surface area contributed by atoms with Crippen LogP contribution >= 0.6 is 17.0 Å². The van der Waals surface area contributed by atoms with E-state index in [1.54, 1.807) is 0 Å². The summed E-state index contributed by atoms with van der Waals surface area (Å²) in [6.45, 7) is 9.37. The fraction of sp³-hybridized carbons (Fsp3) is 0.353. The molecule has 0 fully saturated rings. The molecule has 199 valence electrons. The third-order valence-corrected chi connectivity index (χ3v) is 61.2. The molecular formula is C34H41Cl2SiZr. The van der Waals surface area contributed by atoms with Crippen molar-refractivity contribution in [2.75, 3.05) is 0 Å². The first-order chi connectivity index (χ1) is 18.3. The fourth-order valence-electron chi connectivity index (χ4n) is 6.88. The van der Waals surface area contributed by atoms with Crippen LogP contribution in [0.1, 0.15) is 81.0 Å². The number of aryl methyl sites for hydroxylation is 1. The number of allylic oxidation sites excluding steroid dienone is 2. The van der Waals surface area contributed by atoms with Gasteiger partial charge in [0.05, 0.1) is 0 Å². The number of halogens is 2. The van der Waals surface area contributed by atoms with Crippen LogP contribution in [0.25, 0.3) is 23.3 Å². The van der Waals surface area contributed by atoms with Gasteiger partial charge < -0.3 is 0 Å². The van der Waals surface area contributed by atoms with Crippen LogP contribution in [-0.4, -0.2) is 5.92 Å². The van der Waals surface area contributed by atoms with Crippen LogP contribution in [0, 0.1) is 0 Å². The van der Waals surface area contributed by atoms with E-state index in [-0.39, 0.29) is 7.25 Å². The van der Waals surface area contributed by atoms with E-state index in [0.29, 0.717) is 0 Å². The first kappa shape index (κ1) is 28.4. The van der Waals surface area contributed by atoms with Crippen LogP contribution in [0.2, 0.25) is 13.1 Å². The zero-order valence-electron chi connectivity index (χ0n) is 23.3. The fourth-order valence-corrected chi connectivity index (χ4v) is 36.5. The van der Waals surface area contributed by atoms with Crippen LogP contribution in [-0.2, 0) is 22.0 Å². The Hall–Kier alpha value is -1.18. The van der Waals surface area contributed by atoms with Gasteiger partial charge in [-0.25, -0.2) is 0 Å². The molecule has 0 saturated carbocycles. The van der Waals surface area contributed by atoms with Gasteiger partial charge in [0, 0.05) is 0 Å². The first-order valence-corrected chi connectivity index (χ1v) is 30.9. The summed E-state index contributed by atoms with van der Waals surface area (Å²) < 4.78 is 0.342. The van der Waals surface area contributed by atoms with E-state index < -0.39 is 21.5 Å². The predicted molar refractivity (Wildman–Crippen MR) is 170 cm³/mol. The quantitative estimate of drug-likeness (QED) is 0.153. The van der Waals surface area contributed by atoms with Gasteiger partial charge in [-0.2, -0.15) is 0 Å². The Balaban J connectivity index is 1.56. The normalized spacial score (nSPS) is 19.2. The molecule has 0 bridgehead atoms. The molecule has 2 atom stereocenters. The third-order valence-electron chi connectivity index (χ3n) is 9.19. The Morgan fingerprint density at radius 3 is 2.26 bits per heavy atom. The molecule has 3 aromatic carbocycles. The van der Waals surface area contributed by atoms with Crippen molar-refractivity contribution >= 4 is 35.1 Å². The summed E-state index contributed by atoms with van der Waals surface area (Å²) in [5.41, 5.74) is 10.8. The summed E-state index contributed by atoms with van der Waals surface area (Å²) in [5, 5.41) is 0. The van der Waals surface area contributed by atoms with Crippen LogP contribution in [0.15, 0.2) is 78.4 Å². The van der Waals surface area contributed by atoms with Gasteiger partial charge in [-0.15, -0.1) is 0 Å². The summed E-state index contributed by atoms with van der Waals surface area (Å²) >= 11 is -4.48. The van der Waals surface area contributed by atoms with Gasteiger partial charge in [-0.05, 0) is 0 Å². The van der Waals surface area contributed by atoms with Crippen molar-refractivity contribution in [3.63, 3.8) is 0 Å². The van der Waals surface area contributed by atoms with Crippen molar-refractivity contribution in [2.24, 2.45) is 0 Å². The standard InChI is InChI=1S/C23H27.C9H7.C2H7Si.2ClH.Zr/c1-3-5-6-7-9-19-12-14-20(15-13-19)22-11-8-10-21-16-18(4-2)17-23(21)22;1-2-5-9-7-3-6-8(9)4-1;1-3-2;;;/h8,10-17H,3-7,9H2,1-2H3;1-7H;3H,1-2H3;2*1H;/q;;;;;+2/p-2. The van der Waals surface area contributed by atoms with Crippen LogP contribution in [0.4, 0.5) is 0 Å². The van der Waals surface area contributed by atoms with Gasteiger partial charge in [0.25, 0.3) is 0 Å². The molecule has 0 nitrogen and oxygen atoms in total. The molecule has 0 aromatic heterocycles. The minimum atomic E-state index is -4.48. The molecule has 0 heterocycles. The minimum absolute atomic E-state index is 0.171. The Labute approximate surface area is 239 Å². The van der Waals surface area contributed by atoms with E-state index in [1.165, 1.54) is 76.6 Å². The third kappa shape index (κ3) is 4.83. The Morgan fingerprint density at radius 1 is 0.816 bits per heavy atom. The maximum atomic E-state index is 8.21. The van der Waals surface area contributed by atoms with Crippen LogP contribution < -0.4 is 0 Å². The summed E-state index contributed by atoms with van der Waals surface area (Å²) in [6.07, 6.45) is 14.4. The summed E-state index contributed by atoms with van der Waals surface area (Å²) in [7, 11) is 16.4. The van der Waals surface area contributed by atoms with E-state index in [2.05, 4.69) is 112 Å². The van der Waals surface area contributed by atoms with E-state index in [1.807, 2.05) is 0 Å². The number of unbranched alkanes of at least 4 members (excludes halogenated alkanes) is 3. The average Bonchev–Trinajstić information content (AvgIpc) is 3.54. The van der Waals surface area contributed by atoms with Gasteiger partial charge in [0.1, 0.15) is 0 Å². The van der Waals surface area contributed by atoms with E-state index in [9.17, 15) is 0 Å². The van der Waals surface area contributed by atoms with Crippen molar-refractivity contribution in [2.45, 2.75) is 72.7 Å². The van der Waals surface area contributed by atoms with Crippen molar-refractivity contribution < 1.29 is 15.6 Å². The number of rotatable bonds is 10. The van der Waals surface area contributed by atoms with Crippen LogP contribution in [0.5, 0.6) is 0 Å². The molecular weight excluding hydrogens is 599 g/mol. The molecule has 0 N–H and O–H groups in total. The number of benzene rings is 3. The Kier molecular flexibility index (Phi) is 8.48. The number of fused-ring (bicyclic) bond motifs is 2. The molecule has 38 heavy (non-hydrogen) atoms. The molecule has 2 aliphatic rings. The maximum absolute atomic E-state index is 8.21. The van der Waals surface area contributed by atoms with Crippen molar-refractivity contribution in [1.29, 1.82) is 0 Å². The van der Waals surface area contributed by atoms with Gasteiger partial charge in [0.15, 0.2) is 0 Å². The van der Waals surface area contributed by atoms with E-state index in [4.69, 9.17) is 17.0 Å². The van der Waals surface area contributed by atoms with Crippen molar-refractivity contribution in [1.82, 2.24) is 0 Å². The monoisotopic (exact) mass is 637 g/mol. The summed E-state index contributed by atoms with van der Waals surface area (Å²) in [4.78, 5) is 0. The van der Waals surface area contributed by atoms with E-state index >= 15 is 0 Å². The molecule has 4 heteroatoms. The number of hydrogen-bond acceptors (Lipinski definition) is 0. The molecule has 3 aromatic rings. The topological polar surface area (TPSA) is 0 Å². The molecule has 0 aliphatic heterocycles. The Bertz CT molecular complexity index is 1370. The van der Waals surface area contributed by atoms with Gasteiger partial charge in [-0.1, -0.05) is 13.3 Å². The second kappa shape index (κ2) is 11.4. The summed E-state index contributed by atoms with van der Waals surface area (Å²) in [5.74, 6) is -1.46. The predicted octanol–water partition coefficient (Wildman–Crippen LogP) is 11.1. The van der Waals surface area contributed by atoms with E-state index in [0.717, 1.165) is 6.42 Å². The first-order valence-electron chi connectivity index (χ1n) is 14.6. The van der Waals surface area contributed by atoms with Gasteiger partial charge >= 0.3 is 227 Å². The van der Waals surface area contributed by atoms with Crippen molar-refractivity contribution in [3.8, 4) is 11.1 Å². The molecule has 0 radical (unpaired) electrons. The average molecular weight is 640 g/mol. The second-order valence-electron chi connectivity index (χ2n) is 11.7. The van der Waals surface area contributed by atoms with Gasteiger partial charge in [0.2, 0.25) is 0 Å². The molecule has 0 spiro atoms. The van der Waals surface area contributed by atoms with Crippen LogP contribution in [0.3, 0.4) is 0 Å². The zero-order valence-corrected chi connectivity index (χ0v) is 28.4. The molecule has 2 aliphatic carbocycles. The number of hydrogen-bond donors (Lipinski definition) is 0.